The summed E-state index contributed by atoms with van der Waals surface area (Å²) in [5.41, 5.74) is 7.86. The Balaban J connectivity index is 1.31. The maximum absolute atomic E-state index is 6.36. The van der Waals surface area contributed by atoms with E-state index in [-0.39, 0.29) is 6.79 Å². The first-order valence-electron chi connectivity index (χ1n) is 14.0. The van der Waals surface area contributed by atoms with Crippen molar-refractivity contribution in [1.29, 1.82) is 0 Å². The van der Waals surface area contributed by atoms with E-state index in [0.717, 1.165) is 72.4 Å². The van der Waals surface area contributed by atoms with Gasteiger partial charge in [0.1, 0.15) is 6.61 Å². The van der Waals surface area contributed by atoms with E-state index >= 15 is 0 Å². The number of hydrogen-bond acceptors (Lipinski definition) is 4. The van der Waals surface area contributed by atoms with Gasteiger partial charge in [-0.15, -0.1) is 0 Å². The van der Waals surface area contributed by atoms with Crippen molar-refractivity contribution in [3.63, 3.8) is 0 Å². The van der Waals surface area contributed by atoms with Crippen LogP contribution in [-0.4, -0.2) is 20.5 Å². The van der Waals surface area contributed by atoms with Gasteiger partial charge in [0, 0.05) is 12.5 Å². The number of benzene rings is 2. The van der Waals surface area contributed by atoms with Crippen LogP contribution in [0.5, 0.6) is 23.0 Å². The fourth-order valence-electron chi connectivity index (χ4n) is 5.31. The second-order valence-corrected chi connectivity index (χ2v) is 10.8. The number of fused-ring (bicyclic) bond motifs is 5. The predicted molar refractivity (Wildman–Crippen MR) is 157 cm³/mol. The molecule has 0 N–H and O–H groups in total. The minimum absolute atomic E-state index is 0.289. The van der Waals surface area contributed by atoms with Crippen molar-refractivity contribution in [3.8, 4) is 34.3 Å². The summed E-state index contributed by atoms with van der Waals surface area (Å²) >= 11 is 0. The van der Waals surface area contributed by atoms with E-state index < -0.39 is 0 Å². The number of aromatic nitrogens is 1. The average Bonchev–Trinajstić information content (AvgIpc) is 3.38. The molecule has 39 heavy (non-hydrogen) atoms. The average molecular weight is 527 g/mol. The molecule has 0 radical (unpaired) electrons. The summed E-state index contributed by atoms with van der Waals surface area (Å²) in [6, 6.07) is 10.6. The Labute approximate surface area is 232 Å². The highest BCUT2D eigenvalue weighted by molar-refractivity contribution is 5.91. The Bertz CT molecular complexity index is 1460. The van der Waals surface area contributed by atoms with Gasteiger partial charge in [-0.05, 0) is 94.7 Å². The molecular formula is C34H40NO4+. The van der Waals surface area contributed by atoms with Gasteiger partial charge in [0.05, 0.1) is 18.1 Å². The molecule has 0 bridgehead atoms. The Hall–Kier alpha value is -3.73. The first-order chi connectivity index (χ1) is 18.9. The Morgan fingerprint density at radius 1 is 0.923 bits per heavy atom. The molecular weight excluding hydrogens is 486 g/mol. The molecule has 0 aliphatic carbocycles. The topological polar surface area (TPSA) is 40.8 Å². The van der Waals surface area contributed by atoms with Crippen molar-refractivity contribution in [3.05, 3.63) is 77.0 Å². The summed E-state index contributed by atoms with van der Waals surface area (Å²) in [5.74, 6) is 3.21. The van der Waals surface area contributed by atoms with Crippen molar-refractivity contribution in [2.75, 3.05) is 20.5 Å². The molecule has 3 heterocycles. The van der Waals surface area contributed by atoms with Crippen molar-refractivity contribution < 1.29 is 23.5 Å². The number of aryl methyl sites for hydroxylation is 2. The lowest BCUT2D eigenvalue weighted by molar-refractivity contribution is -0.686. The zero-order valence-corrected chi connectivity index (χ0v) is 23.9. The van der Waals surface area contributed by atoms with Crippen LogP contribution in [0.3, 0.4) is 0 Å². The van der Waals surface area contributed by atoms with E-state index in [4.69, 9.17) is 18.9 Å². The molecule has 0 saturated heterocycles. The van der Waals surface area contributed by atoms with Crippen LogP contribution in [0, 0.1) is 0 Å². The molecule has 1 aromatic heterocycles. The third-order valence-electron chi connectivity index (χ3n) is 7.58. The summed E-state index contributed by atoms with van der Waals surface area (Å²) < 4.78 is 25.6. The molecule has 5 heteroatoms. The SMILES string of the molecule is COc1ccc2cc3[n+](cc2c1OC/C=C(\C)CC/C=C(\C)CCC=C(C)C)CCc1cc2c(cc1-3)OCO2. The lowest BCUT2D eigenvalue weighted by Gasteiger charge is -2.17. The minimum Gasteiger partial charge on any atom is -0.493 e. The Morgan fingerprint density at radius 2 is 1.67 bits per heavy atom. The zero-order chi connectivity index (χ0) is 27.4. The van der Waals surface area contributed by atoms with E-state index in [1.807, 2.05) is 6.07 Å². The number of nitrogens with zero attached hydrogens (tertiary/aromatic N) is 1. The normalized spacial score (nSPS) is 14.2. The van der Waals surface area contributed by atoms with Gasteiger partial charge in [0.2, 0.25) is 12.5 Å². The number of methoxy groups -OCH3 is 1. The van der Waals surface area contributed by atoms with E-state index in [1.165, 1.54) is 33.5 Å². The summed E-state index contributed by atoms with van der Waals surface area (Å²) in [4.78, 5) is 0. The molecule has 2 aliphatic heterocycles. The van der Waals surface area contributed by atoms with Gasteiger partial charge < -0.3 is 18.9 Å². The molecule has 0 fully saturated rings. The van der Waals surface area contributed by atoms with Crippen molar-refractivity contribution in [2.24, 2.45) is 0 Å². The Morgan fingerprint density at radius 3 is 2.44 bits per heavy atom. The first-order valence-corrected chi connectivity index (χ1v) is 14.0. The van der Waals surface area contributed by atoms with Crippen LogP contribution >= 0.6 is 0 Å². The highest BCUT2D eigenvalue weighted by Crippen LogP contribution is 2.41. The molecule has 204 valence electrons. The second-order valence-electron chi connectivity index (χ2n) is 10.8. The second kappa shape index (κ2) is 12.0. The van der Waals surface area contributed by atoms with Crippen LogP contribution in [0.1, 0.15) is 58.9 Å². The van der Waals surface area contributed by atoms with Gasteiger partial charge in [-0.3, -0.25) is 0 Å². The molecule has 5 nitrogen and oxygen atoms in total. The van der Waals surface area contributed by atoms with Gasteiger partial charge in [-0.1, -0.05) is 28.9 Å². The molecule has 5 rings (SSSR count). The van der Waals surface area contributed by atoms with Crippen LogP contribution < -0.4 is 23.5 Å². The fourth-order valence-corrected chi connectivity index (χ4v) is 5.31. The highest BCUT2D eigenvalue weighted by atomic mass is 16.7. The first kappa shape index (κ1) is 26.9. The fraction of sp³-hybridized carbons (Fsp3) is 0.382. The van der Waals surface area contributed by atoms with Crippen LogP contribution in [0.25, 0.3) is 22.0 Å². The van der Waals surface area contributed by atoms with Gasteiger partial charge in [0.15, 0.2) is 35.7 Å². The molecule has 3 aromatic rings. The lowest BCUT2D eigenvalue weighted by Crippen LogP contribution is -2.40. The Kier molecular flexibility index (Phi) is 8.25. The third kappa shape index (κ3) is 6.13. The van der Waals surface area contributed by atoms with Gasteiger partial charge in [-0.25, -0.2) is 0 Å². The molecule has 0 atom stereocenters. The number of allylic oxidation sites excluding steroid dienone is 5. The van der Waals surface area contributed by atoms with Crippen molar-refractivity contribution in [1.82, 2.24) is 0 Å². The zero-order valence-electron chi connectivity index (χ0n) is 23.9. The van der Waals surface area contributed by atoms with E-state index in [2.05, 4.69) is 81.0 Å². The van der Waals surface area contributed by atoms with Gasteiger partial charge in [-0.2, -0.15) is 4.57 Å². The largest absolute Gasteiger partial charge is 0.493 e. The molecule has 0 saturated carbocycles. The highest BCUT2D eigenvalue weighted by Gasteiger charge is 2.28. The standard InChI is InChI=1S/C34H40NO4/c1-23(2)8-6-9-24(3)10-7-11-25(4)15-17-37-34-29-21-35-16-14-27-19-32-33(39-22-38-32)20-28(27)30(35)18-26(29)12-13-31(34)36-5/h8,10,12-13,15,18-21H,6-7,9,11,14,16-17,22H2,1-5H3/q+1/b24-10+,25-15+. The molecule has 0 unspecified atom stereocenters. The third-order valence-corrected chi connectivity index (χ3v) is 7.58. The molecule has 0 spiro atoms. The summed E-state index contributed by atoms with van der Waals surface area (Å²) in [6.45, 7) is 10.4. The van der Waals surface area contributed by atoms with E-state index in [9.17, 15) is 0 Å². The van der Waals surface area contributed by atoms with Gasteiger partial charge >= 0.3 is 0 Å². The van der Waals surface area contributed by atoms with E-state index in [0.29, 0.717) is 6.61 Å². The number of pyridine rings is 1. The van der Waals surface area contributed by atoms with Crippen LogP contribution in [0.4, 0.5) is 0 Å². The number of rotatable bonds is 10. The number of ether oxygens (including phenoxy) is 4. The summed E-state index contributed by atoms with van der Waals surface area (Å²) in [5, 5.41) is 2.18. The van der Waals surface area contributed by atoms with Crippen LogP contribution in [-0.2, 0) is 13.0 Å². The maximum Gasteiger partial charge on any atom is 0.231 e. The van der Waals surface area contributed by atoms with Gasteiger partial charge in [0.25, 0.3) is 0 Å². The smallest absolute Gasteiger partial charge is 0.231 e. The number of hydrogen-bond donors (Lipinski definition) is 0. The summed E-state index contributed by atoms with van der Waals surface area (Å²) in [7, 11) is 1.70. The lowest BCUT2D eigenvalue weighted by atomic mass is 9.95. The maximum atomic E-state index is 6.36. The van der Waals surface area contributed by atoms with Crippen molar-refractivity contribution >= 4 is 10.8 Å². The monoisotopic (exact) mass is 526 g/mol. The predicted octanol–water partition coefficient (Wildman–Crippen LogP) is 7.89. The quantitative estimate of drug-likeness (QED) is 0.199. The van der Waals surface area contributed by atoms with Crippen LogP contribution in [0.2, 0.25) is 0 Å². The molecule has 0 amide bonds. The van der Waals surface area contributed by atoms with Crippen LogP contribution in [0.15, 0.2) is 71.5 Å². The minimum atomic E-state index is 0.289. The van der Waals surface area contributed by atoms with Crippen molar-refractivity contribution in [2.45, 2.75) is 66.3 Å². The molecule has 2 aliphatic rings. The summed E-state index contributed by atoms with van der Waals surface area (Å²) in [6.07, 6.45) is 14.4. The molecule has 2 aromatic carbocycles. The van der Waals surface area contributed by atoms with E-state index in [1.54, 1.807) is 7.11 Å².